The molecule has 0 aliphatic carbocycles. The minimum atomic E-state index is -0.0855. The molecular formula is C20H19NO2S. The zero-order valence-electron chi connectivity index (χ0n) is 13.7. The van der Waals surface area contributed by atoms with Crippen molar-refractivity contribution in [3.05, 3.63) is 69.9 Å². The van der Waals surface area contributed by atoms with Crippen LogP contribution in [0.4, 0.5) is 0 Å². The van der Waals surface area contributed by atoms with E-state index < -0.39 is 0 Å². The maximum absolute atomic E-state index is 12.0. The van der Waals surface area contributed by atoms with Crippen molar-refractivity contribution < 1.29 is 9.53 Å². The van der Waals surface area contributed by atoms with E-state index in [-0.39, 0.29) is 5.91 Å². The lowest BCUT2D eigenvalue weighted by Gasteiger charge is -2.04. The summed E-state index contributed by atoms with van der Waals surface area (Å²) in [7, 11) is 1.66. The molecule has 3 aromatic rings. The van der Waals surface area contributed by atoms with Crippen molar-refractivity contribution in [1.82, 2.24) is 5.32 Å². The summed E-state index contributed by atoms with van der Waals surface area (Å²) in [6.45, 7) is 2.63. The van der Waals surface area contributed by atoms with Crippen molar-refractivity contribution in [3.8, 4) is 5.75 Å². The average Bonchev–Trinajstić information content (AvgIpc) is 3.02. The van der Waals surface area contributed by atoms with Gasteiger partial charge in [0.05, 0.1) is 13.7 Å². The minimum absolute atomic E-state index is 0.0855. The Morgan fingerprint density at radius 2 is 1.96 bits per heavy atom. The van der Waals surface area contributed by atoms with Gasteiger partial charge in [-0.05, 0) is 64.5 Å². The second-order valence-electron chi connectivity index (χ2n) is 5.55. The van der Waals surface area contributed by atoms with Crippen molar-refractivity contribution in [2.45, 2.75) is 13.5 Å². The monoisotopic (exact) mass is 337 g/mol. The van der Waals surface area contributed by atoms with Crippen LogP contribution < -0.4 is 10.1 Å². The van der Waals surface area contributed by atoms with Crippen LogP contribution in [0.25, 0.3) is 16.8 Å². The zero-order chi connectivity index (χ0) is 16.9. The lowest BCUT2D eigenvalue weighted by Crippen LogP contribution is -2.19. The fourth-order valence-corrected chi connectivity index (χ4v) is 3.30. The van der Waals surface area contributed by atoms with Gasteiger partial charge in [0, 0.05) is 11.0 Å². The summed E-state index contributed by atoms with van der Waals surface area (Å²) < 4.78 is 5.23. The van der Waals surface area contributed by atoms with Gasteiger partial charge in [-0.15, -0.1) is 11.3 Å². The van der Waals surface area contributed by atoms with Gasteiger partial charge in [0.25, 0.3) is 0 Å². The molecule has 1 N–H and O–H groups in total. The summed E-state index contributed by atoms with van der Waals surface area (Å²) in [6, 6.07) is 14.1. The lowest BCUT2D eigenvalue weighted by atomic mass is 10.1. The van der Waals surface area contributed by atoms with Crippen LogP contribution >= 0.6 is 11.3 Å². The number of aryl methyl sites for hydroxylation is 1. The van der Waals surface area contributed by atoms with Crippen LogP contribution in [0.3, 0.4) is 0 Å². The van der Waals surface area contributed by atoms with Gasteiger partial charge >= 0.3 is 0 Å². The first kappa shape index (κ1) is 16.3. The number of nitrogens with one attached hydrogen (secondary N) is 1. The Balaban J connectivity index is 1.66. The van der Waals surface area contributed by atoms with E-state index in [0.717, 1.165) is 22.1 Å². The van der Waals surface area contributed by atoms with E-state index in [1.165, 1.54) is 10.4 Å². The van der Waals surface area contributed by atoms with Crippen LogP contribution in [-0.4, -0.2) is 13.0 Å². The smallest absolute Gasteiger partial charge is 0.244 e. The highest BCUT2D eigenvalue weighted by atomic mass is 32.1. The van der Waals surface area contributed by atoms with E-state index >= 15 is 0 Å². The average molecular weight is 337 g/mol. The van der Waals surface area contributed by atoms with Crippen LogP contribution in [0.5, 0.6) is 5.75 Å². The molecule has 0 atom stereocenters. The summed E-state index contributed by atoms with van der Waals surface area (Å²) in [5, 5.41) is 7.19. The van der Waals surface area contributed by atoms with Crippen LogP contribution in [0.15, 0.2) is 53.9 Å². The number of carbonyl (C=O) groups excluding carboxylic acids is 1. The molecule has 122 valence electrons. The van der Waals surface area contributed by atoms with Crippen LogP contribution in [-0.2, 0) is 11.3 Å². The van der Waals surface area contributed by atoms with Gasteiger partial charge in [-0.3, -0.25) is 4.79 Å². The fraction of sp³-hybridized carbons (Fsp3) is 0.150. The first-order valence-electron chi connectivity index (χ1n) is 7.72. The van der Waals surface area contributed by atoms with E-state index in [4.69, 9.17) is 4.74 Å². The SMILES string of the molecule is COc1ccc2cc(C=CC(=O)NCc3sccc3C)ccc2c1. The van der Waals surface area contributed by atoms with Crippen molar-refractivity contribution in [2.24, 2.45) is 0 Å². The Bertz CT molecular complexity index is 896. The molecule has 0 saturated heterocycles. The van der Waals surface area contributed by atoms with Gasteiger partial charge in [-0.1, -0.05) is 18.2 Å². The van der Waals surface area contributed by atoms with Crippen molar-refractivity contribution in [3.63, 3.8) is 0 Å². The number of ether oxygens (including phenoxy) is 1. The maximum Gasteiger partial charge on any atom is 0.244 e. The third-order valence-electron chi connectivity index (χ3n) is 3.89. The van der Waals surface area contributed by atoms with Crippen LogP contribution in [0.1, 0.15) is 16.0 Å². The largest absolute Gasteiger partial charge is 0.497 e. The number of methoxy groups -OCH3 is 1. The standard InChI is InChI=1S/C20H19NO2S/c1-14-9-10-24-19(14)13-21-20(22)8-4-15-3-5-17-12-18(23-2)7-6-16(17)11-15/h3-12H,13H2,1-2H3,(H,21,22). The van der Waals surface area contributed by atoms with Crippen molar-refractivity contribution in [2.75, 3.05) is 7.11 Å². The molecule has 1 heterocycles. The van der Waals surface area contributed by atoms with E-state index in [1.54, 1.807) is 24.5 Å². The van der Waals surface area contributed by atoms with E-state index in [1.807, 2.05) is 41.8 Å². The molecule has 0 aliphatic heterocycles. The lowest BCUT2D eigenvalue weighted by molar-refractivity contribution is -0.116. The van der Waals surface area contributed by atoms with Crippen molar-refractivity contribution >= 4 is 34.1 Å². The molecule has 3 rings (SSSR count). The molecule has 2 aromatic carbocycles. The van der Waals surface area contributed by atoms with Gasteiger partial charge in [-0.25, -0.2) is 0 Å². The second-order valence-corrected chi connectivity index (χ2v) is 6.55. The third kappa shape index (κ3) is 3.84. The summed E-state index contributed by atoms with van der Waals surface area (Å²) in [6.07, 6.45) is 3.41. The van der Waals surface area contributed by atoms with Gasteiger partial charge in [0.1, 0.15) is 5.75 Å². The van der Waals surface area contributed by atoms with Crippen LogP contribution in [0, 0.1) is 6.92 Å². The van der Waals surface area contributed by atoms with Crippen molar-refractivity contribution in [1.29, 1.82) is 0 Å². The number of benzene rings is 2. The van der Waals surface area contributed by atoms with Gasteiger partial charge < -0.3 is 10.1 Å². The molecule has 3 nitrogen and oxygen atoms in total. The van der Waals surface area contributed by atoms with E-state index in [9.17, 15) is 4.79 Å². The molecule has 0 fully saturated rings. The number of hydrogen-bond acceptors (Lipinski definition) is 3. The first-order chi connectivity index (χ1) is 11.7. The number of carbonyl (C=O) groups is 1. The Labute approximate surface area is 145 Å². The summed E-state index contributed by atoms with van der Waals surface area (Å²) in [4.78, 5) is 13.2. The molecule has 0 saturated carbocycles. The highest BCUT2D eigenvalue weighted by molar-refractivity contribution is 7.10. The molecule has 24 heavy (non-hydrogen) atoms. The maximum atomic E-state index is 12.0. The fourth-order valence-electron chi connectivity index (χ4n) is 2.46. The summed E-state index contributed by atoms with van der Waals surface area (Å²) in [5.41, 5.74) is 2.21. The van der Waals surface area contributed by atoms with Gasteiger partial charge in [-0.2, -0.15) is 0 Å². The second kappa shape index (κ2) is 7.32. The summed E-state index contributed by atoms with van der Waals surface area (Å²) in [5.74, 6) is 0.756. The Morgan fingerprint density at radius 3 is 2.71 bits per heavy atom. The predicted molar refractivity (Wildman–Crippen MR) is 100 cm³/mol. The van der Waals surface area contributed by atoms with Gasteiger partial charge in [0.2, 0.25) is 5.91 Å². The number of fused-ring (bicyclic) bond motifs is 1. The molecule has 1 aromatic heterocycles. The Hall–Kier alpha value is -2.59. The molecule has 0 unspecified atom stereocenters. The molecule has 0 radical (unpaired) electrons. The third-order valence-corrected chi connectivity index (χ3v) is 4.91. The highest BCUT2D eigenvalue weighted by Gasteiger charge is 2.02. The topological polar surface area (TPSA) is 38.3 Å². The van der Waals surface area contributed by atoms with Gasteiger partial charge in [0.15, 0.2) is 0 Å². The quantitative estimate of drug-likeness (QED) is 0.694. The Kier molecular flexibility index (Phi) is 4.96. The highest BCUT2D eigenvalue weighted by Crippen LogP contribution is 2.22. The molecular weight excluding hydrogens is 318 g/mol. The molecule has 0 aliphatic rings. The molecule has 1 amide bonds. The number of rotatable bonds is 5. The number of thiophene rings is 1. The van der Waals surface area contributed by atoms with E-state index in [0.29, 0.717) is 6.54 Å². The number of hydrogen-bond donors (Lipinski definition) is 1. The first-order valence-corrected chi connectivity index (χ1v) is 8.60. The minimum Gasteiger partial charge on any atom is -0.497 e. The van der Waals surface area contributed by atoms with E-state index in [2.05, 4.69) is 24.4 Å². The Morgan fingerprint density at radius 1 is 1.17 bits per heavy atom. The zero-order valence-corrected chi connectivity index (χ0v) is 14.5. The molecule has 0 bridgehead atoms. The number of amides is 1. The molecule has 4 heteroatoms. The molecule has 0 spiro atoms. The summed E-state index contributed by atoms with van der Waals surface area (Å²) >= 11 is 1.66. The predicted octanol–water partition coefficient (Wildman–Crippen LogP) is 4.55. The normalized spacial score (nSPS) is 11.1. The van der Waals surface area contributed by atoms with Crippen LogP contribution in [0.2, 0.25) is 0 Å².